The number of nitrogens with zero attached hydrogens (tertiary/aromatic N) is 5. The average Bonchev–Trinajstić information content (AvgIpc) is 3.52. The highest BCUT2D eigenvalue weighted by Crippen LogP contribution is 2.31. The standard InChI is InChI=1S/C20H29N3O3.C14H19N3O2/c1-5-16-18(17-8-6-7-11-23(17)21-16)22(19(24)26-20(2,3)4)14-15-9-12-25-13-10-15;1-5-10-12(15-13(18)19-14(2,3)4)11-8-6-7-9-17(11)16-10/h6-8,11,15H,5,9-10,12-14H2,1-4H3;6-9H,5H2,1-4H3,(H,15,18). The zero-order valence-electron chi connectivity index (χ0n) is 27.9. The van der Waals surface area contributed by atoms with Crippen LogP contribution >= 0.6 is 0 Å². The van der Waals surface area contributed by atoms with Gasteiger partial charge >= 0.3 is 12.2 Å². The third-order valence-electron chi connectivity index (χ3n) is 7.16. The van der Waals surface area contributed by atoms with Gasteiger partial charge in [0.1, 0.15) is 11.2 Å². The van der Waals surface area contributed by atoms with Crippen LogP contribution in [0.3, 0.4) is 0 Å². The lowest BCUT2D eigenvalue weighted by atomic mass is 9.99. The molecule has 45 heavy (non-hydrogen) atoms. The van der Waals surface area contributed by atoms with Crippen LogP contribution < -0.4 is 10.2 Å². The Morgan fingerprint density at radius 3 is 2.00 bits per heavy atom. The van der Waals surface area contributed by atoms with Crippen molar-refractivity contribution >= 4 is 34.6 Å². The number of nitrogens with one attached hydrogen (secondary N) is 1. The number of carbonyl (C=O) groups is 2. The summed E-state index contributed by atoms with van der Waals surface area (Å²) >= 11 is 0. The first-order chi connectivity index (χ1) is 21.3. The van der Waals surface area contributed by atoms with Crippen molar-refractivity contribution in [1.82, 2.24) is 19.2 Å². The van der Waals surface area contributed by atoms with E-state index in [9.17, 15) is 9.59 Å². The van der Waals surface area contributed by atoms with E-state index in [0.717, 1.165) is 72.7 Å². The smallest absolute Gasteiger partial charge is 0.414 e. The van der Waals surface area contributed by atoms with Gasteiger partial charge in [-0.25, -0.2) is 18.6 Å². The van der Waals surface area contributed by atoms with Crippen molar-refractivity contribution in [3.63, 3.8) is 0 Å². The van der Waals surface area contributed by atoms with Gasteiger partial charge in [0.15, 0.2) is 0 Å². The van der Waals surface area contributed by atoms with Gasteiger partial charge in [0, 0.05) is 32.2 Å². The lowest BCUT2D eigenvalue weighted by Crippen LogP contribution is -2.41. The van der Waals surface area contributed by atoms with Crippen LogP contribution in [-0.2, 0) is 27.1 Å². The van der Waals surface area contributed by atoms with Crippen molar-refractivity contribution in [3.8, 4) is 0 Å². The van der Waals surface area contributed by atoms with Gasteiger partial charge in [0.2, 0.25) is 0 Å². The monoisotopic (exact) mass is 620 g/mol. The molecular formula is C34H48N6O5. The summed E-state index contributed by atoms with van der Waals surface area (Å²) in [4.78, 5) is 26.7. The number of pyridine rings is 2. The highest BCUT2D eigenvalue weighted by Gasteiger charge is 2.31. The topological polar surface area (TPSA) is 112 Å². The highest BCUT2D eigenvalue weighted by atomic mass is 16.6. The number of anilines is 2. The molecule has 11 heteroatoms. The van der Waals surface area contributed by atoms with Crippen LogP contribution in [0, 0.1) is 5.92 Å². The minimum atomic E-state index is -0.541. The first-order valence-corrected chi connectivity index (χ1v) is 15.8. The Kier molecular flexibility index (Phi) is 10.7. The van der Waals surface area contributed by atoms with Crippen LogP contribution in [0.4, 0.5) is 21.0 Å². The predicted molar refractivity (Wildman–Crippen MR) is 176 cm³/mol. The van der Waals surface area contributed by atoms with E-state index >= 15 is 0 Å². The van der Waals surface area contributed by atoms with Gasteiger partial charge in [-0.2, -0.15) is 10.2 Å². The van der Waals surface area contributed by atoms with Gasteiger partial charge in [-0.15, -0.1) is 0 Å². The quantitative estimate of drug-likeness (QED) is 0.241. The van der Waals surface area contributed by atoms with Gasteiger partial charge in [-0.05, 0) is 97.4 Å². The van der Waals surface area contributed by atoms with Crippen molar-refractivity contribution in [2.75, 3.05) is 30.0 Å². The van der Waals surface area contributed by atoms with Crippen LogP contribution in [0.1, 0.15) is 79.6 Å². The van der Waals surface area contributed by atoms with Crippen LogP contribution in [0.2, 0.25) is 0 Å². The molecule has 1 aliphatic heterocycles. The summed E-state index contributed by atoms with van der Waals surface area (Å²) in [5, 5.41) is 11.9. The maximum absolute atomic E-state index is 13.1. The van der Waals surface area contributed by atoms with Crippen LogP contribution in [0.5, 0.6) is 0 Å². The van der Waals surface area contributed by atoms with Gasteiger partial charge in [-0.1, -0.05) is 26.0 Å². The minimum Gasteiger partial charge on any atom is -0.444 e. The molecule has 0 saturated carbocycles. The fourth-order valence-corrected chi connectivity index (χ4v) is 5.16. The minimum absolute atomic E-state index is 0.308. The number of hydrogen-bond donors (Lipinski definition) is 1. The van der Waals surface area contributed by atoms with E-state index in [-0.39, 0.29) is 6.09 Å². The Morgan fingerprint density at radius 1 is 0.867 bits per heavy atom. The maximum Gasteiger partial charge on any atom is 0.414 e. The van der Waals surface area contributed by atoms with E-state index in [1.54, 1.807) is 9.42 Å². The fourth-order valence-electron chi connectivity index (χ4n) is 5.16. The number of carbonyl (C=O) groups excluding carboxylic acids is 2. The third-order valence-corrected chi connectivity index (χ3v) is 7.16. The molecule has 1 N–H and O–H groups in total. The average molecular weight is 621 g/mol. The number of fused-ring (bicyclic) bond motifs is 2. The second-order valence-electron chi connectivity index (χ2n) is 13.2. The summed E-state index contributed by atoms with van der Waals surface area (Å²) in [5.41, 5.74) is 4.09. The molecule has 0 atom stereocenters. The first-order valence-electron chi connectivity index (χ1n) is 15.8. The first kappa shape index (κ1) is 33.8. The second kappa shape index (κ2) is 14.3. The lowest BCUT2D eigenvalue weighted by molar-refractivity contribution is 0.0514. The Labute approximate surface area is 265 Å². The molecule has 0 aliphatic carbocycles. The summed E-state index contributed by atoms with van der Waals surface area (Å²) in [6, 6.07) is 11.6. The number of ether oxygens (including phenoxy) is 3. The molecular weight excluding hydrogens is 572 g/mol. The number of aromatic nitrogens is 4. The molecule has 1 aliphatic rings. The Balaban J connectivity index is 0.000000215. The van der Waals surface area contributed by atoms with Crippen molar-refractivity contribution in [1.29, 1.82) is 0 Å². The molecule has 0 spiro atoms. The highest BCUT2D eigenvalue weighted by molar-refractivity contribution is 5.95. The van der Waals surface area contributed by atoms with Gasteiger partial charge in [0.05, 0.1) is 33.8 Å². The van der Waals surface area contributed by atoms with E-state index in [4.69, 9.17) is 14.2 Å². The molecule has 0 radical (unpaired) electrons. The number of aryl methyl sites for hydroxylation is 2. The van der Waals surface area contributed by atoms with Crippen LogP contribution in [0.25, 0.3) is 11.0 Å². The molecule has 4 aromatic rings. The molecule has 2 amide bonds. The fraction of sp³-hybridized carbons (Fsp3) is 0.529. The zero-order chi connectivity index (χ0) is 32.8. The molecule has 5 rings (SSSR count). The summed E-state index contributed by atoms with van der Waals surface area (Å²) < 4.78 is 20.1. The number of rotatable bonds is 6. The zero-order valence-corrected chi connectivity index (χ0v) is 27.9. The van der Waals surface area contributed by atoms with Crippen molar-refractivity contribution in [3.05, 3.63) is 60.2 Å². The molecule has 1 fully saturated rings. The molecule has 0 unspecified atom stereocenters. The molecule has 244 valence electrons. The largest absolute Gasteiger partial charge is 0.444 e. The molecule has 11 nitrogen and oxygen atoms in total. The summed E-state index contributed by atoms with van der Waals surface area (Å²) in [7, 11) is 0. The van der Waals surface area contributed by atoms with E-state index in [1.807, 2.05) is 102 Å². The Hall–Kier alpha value is -4.12. The van der Waals surface area contributed by atoms with Crippen LogP contribution in [-0.4, -0.2) is 62.4 Å². The van der Waals surface area contributed by atoms with E-state index < -0.39 is 17.3 Å². The van der Waals surface area contributed by atoms with Crippen molar-refractivity contribution < 1.29 is 23.8 Å². The Morgan fingerprint density at radius 2 is 1.42 bits per heavy atom. The Bertz CT molecular complexity index is 1590. The lowest BCUT2D eigenvalue weighted by Gasteiger charge is -2.31. The summed E-state index contributed by atoms with van der Waals surface area (Å²) in [6.07, 6.45) is 6.42. The number of hydrogen-bond acceptors (Lipinski definition) is 7. The predicted octanol–water partition coefficient (Wildman–Crippen LogP) is 7.31. The molecule has 0 aromatic carbocycles. The van der Waals surface area contributed by atoms with Gasteiger partial charge < -0.3 is 14.2 Å². The third kappa shape index (κ3) is 8.97. The number of amides is 2. The molecule has 5 heterocycles. The van der Waals surface area contributed by atoms with E-state index in [1.165, 1.54) is 0 Å². The van der Waals surface area contributed by atoms with Crippen molar-refractivity contribution in [2.24, 2.45) is 5.92 Å². The van der Waals surface area contributed by atoms with Crippen molar-refractivity contribution in [2.45, 2.75) is 92.3 Å². The summed E-state index contributed by atoms with van der Waals surface area (Å²) in [5.74, 6) is 0.402. The summed E-state index contributed by atoms with van der Waals surface area (Å²) in [6.45, 7) is 17.4. The van der Waals surface area contributed by atoms with E-state index in [2.05, 4.69) is 22.4 Å². The molecule has 1 saturated heterocycles. The van der Waals surface area contributed by atoms with E-state index in [0.29, 0.717) is 12.5 Å². The van der Waals surface area contributed by atoms with Gasteiger partial charge in [0.25, 0.3) is 0 Å². The molecule has 0 bridgehead atoms. The second-order valence-corrected chi connectivity index (χ2v) is 13.2. The maximum atomic E-state index is 13.1. The SMILES string of the molecule is CCc1nn2ccccc2c1N(CC1CCOCC1)C(=O)OC(C)(C)C.CCc1nn2ccccc2c1NC(=O)OC(C)(C)C. The normalized spacial score (nSPS) is 14.1. The molecule has 4 aromatic heterocycles. The van der Waals surface area contributed by atoms with Crippen LogP contribution in [0.15, 0.2) is 48.8 Å². The van der Waals surface area contributed by atoms with Gasteiger partial charge in [-0.3, -0.25) is 10.2 Å².